The van der Waals surface area contributed by atoms with E-state index in [1.165, 1.54) is 167 Å². The lowest BCUT2D eigenvalue weighted by molar-refractivity contribution is -0.870. The molecule has 0 heterocycles. The molecule has 0 fully saturated rings. The number of rotatable bonds is 58. The van der Waals surface area contributed by atoms with Crippen LogP contribution in [-0.2, 0) is 32.7 Å². The average molecular weight is 1090 g/mol. The van der Waals surface area contributed by atoms with Gasteiger partial charge in [0.25, 0.3) is 0 Å². The van der Waals surface area contributed by atoms with E-state index in [2.05, 4.69) is 86.8 Å². The lowest BCUT2D eigenvalue weighted by Gasteiger charge is -2.24. The Kier molecular flexibility index (Phi) is 55.2. The normalized spacial score (nSPS) is 13.7. The predicted octanol–water partition coefficient (Wildman–Crippen LogP) is 20.0. The Labute approximate surface area is 469 Å². The Balaban J connectivity index is 4.08. The number of quaternary nitrogens is 1. The van der Waals surface area contributed by atoms with E-state index in [1.54, 1.807) is 0 Å². The van der Waals surface area contributed by atoms with E-state index >= 15 is 0 Å². The number of hydrogen-bond acceptors (Lipinski definition) is 7. The molecule has 0 radical (unpaired) electrons. The predicted molar refractivity (Wildman–Crippen MR) is 326 cm³/mol. The SMILES string of the molecule is CC/C=C\C/C=C\C/C=C\C/C=C\C/C=C\CCCCCCCC(=O)OC(COC(=O)CCCCCCCCCCCCCCCCCCCCC/C=C\CCCCCCCCCC)COP(=O)(O)OCC[N+](C)(C)C. The number of unbranched alkanes of at least 4 members (excludes halogenated alkanes) is 32. The van der Waals surface area contributed by atoms with Crippen LogP contribution in [0.5, 0.6) is 0 Å². The van der Waals surface area contributed by atoms with Gasteiger partial charge in [-0.05, 0) is 83.5 Å². The highest BCUT2D eigenvalue weighted by Gasteiger charge is 2.27. The maximum Gasteiger partial charge on any atom is 0.472 e. The average Bonchev–Trinajstić information content (AvgIpc) is 3.38. The van der Waals surface area contributed by atoms with Gasteiger partial charge in [0.2, 0.25) is 0 Å². The number of allylic oxidation sites excluding steroid dienone is 12. The molecule has 0 aromatic carbocycles. The Morgan fingerprint density at radius 3 is 1.13 bits per heavy atom. The highest BCUT2D eigenvalue weighted by Crippen LogP contribution is 2.43. The van der Waals surface area contributed by atoms with Gasteiger partial charge in [0.1, 0.15) is 19.8 Å². The minimum atomic E-state index is -4.40. The molecule has 0 aliphatic heterocycles. The number of carbonyl (C=O) groups is 2. The van der Waals surface area contributed by atoms with E-state index < -0.39 is 26.5 Å². The number of phosphoric ester groups is 1. The first-order valence-corrected chi connectivity index (χ1v) is 33.2. The molecule has 2 atom stereocenters. The molecule has 1 N–H and O–H groups in total. The second-order valence-corrected chi connectivity index (χ2v) is 23.9. The summed E-state index contributed by atoms with van der Waals surface area (Å²) in [6.07, 6.45) is 75.7. The van der Waals surface area contributed by atoms with Crippen LogP contribution in [0.15, 0.2) is 72.9 Å². The van der Waals surface area contributed by atoms with Crippen molar-refractivity contribution in [2.75, 3.05) is 47.5 Å². The van der Waals surface area contributed by atoms with E-state index in [0.717, 1.165) is 83.5 Å². The fourth-order valence-corrected chi connectivity index (χ4v) is 9.60. The first-order chi connectivity index (χ1) is 37.0. The van der Waals surface area contributed by atoms with Crippen molar-refractivity contribution < 1.29 is 42.1 Å². The maximum atomic E-state index is 12.8. The van der Waals surface area contributed by atoms with Crippen LogP contribution in [-0.4, -0.2) is 74.9 Å². The molecule has 2 unspecified atom stereocenters. The van der Waals surface area contributed by atoms with Crippen LogP contribution < -0.4 is 0 Å². The van der Waals surface area contributed by atoms with E-state index in [0.29, 0.717) is 17.4 Å². The van der Waals surface area contributed by atoms with Gasteiger partial charge in [0, 0.05) is 12.8 Å². The summed E-state index contributed by atoms with van der Waals surface area (Å²) in [6.45, 7) is 4.32. The molecule has 0 saturated heterocycles. The van der Waals surface area contributed by atoms with Crippen molar-refractivity contribution in [2.24, 2.45) is 0 Å². The first kappa shape index (κ1) is 73.5. The van der Waals surface area contributed by atoms with Gasteiger partial charge in [-0.2, -0.15) is 0 Å². The van der Waals surface area contributed by atoms with Crippen molar-refractivity contribution in [2.45, 2.75) is 290 Å². The van der Waals surface area contributed by atoms with Crippen molar-refractivity contribution in [1.82, 2.24) is 0 Å². The Morgan fingerprint density at radius 1 is 0.421 bits per heavy atom. The monoisotopic (exact) mass is 1090 g/mol. The molecule has 0 aromatic heterocycles. The van der Waals surface area contributed by atoms with E-state index in [-0.39, 0.29) is 32.0 Å². The summed E-state index contributed by atoms with van der Waals surface area (Å²) in [5.41, 5.74) is 0. The molecule has 76 heavy (non-hydrogen) atoms. The van der Waals surface area contributed by atoms with E-state index in [4.69, 9.17) is 18.5 Å². The van der Waals surface area contributed by atoms with Crippen LogP contribution >= 0.6 is 7.82 Å². The Hall–Kier alpha value is -2.55. The van der Waals surface area contributed by atoms with E-state index in [1.807, 2.05) is 21.1 Å². The number of ether oxygens (including phenoxy) is 2. The molecule has 0 amide bonds. The van der Waals surface area contributed by atoms with Gasteiger partial charge in [-0.1, -0.05) is 260 Å². The van der Waals surface area contributed by atoms with Gasteiger partial charge in [-0.25, -0.2) is 4.57 Å². The number of phosphoric acid groups is 1. The summed E-state index contributed by atoms with van der Waals surface area (Å²) in [7, 11) is 1.46. The zero-order chi connectivity index (χ0) is 55.6. The molecule has 10 heteroatoms. The quantitative estimate of drug-likeness (QED) is 0.0211. The number of hydrogen-bond donors (Lipinski definition) is 1. The van der Waals surface area contributed by atoms with E-state index in [9.17, 15) is 19.0 Å². The molecule has 9 nitrogen and oxygen atoms in total. The smallest absolute Gasteiger partial charge is 0.462 e. The first-order valence-electron chi connectivity index (χ1n) is 31.7. The molecular formula is C66H121NO8P+. The summed E-state index contributed by atoms with van der Waals surface area (Å²) in [5, 5.41) is 0. The summed E-state index contributed by atoms with van der Waals surface area (Å²) in [6, 6.07) is 0. The second kappa shape index (κ2) is 57.1. The van der Waals surface area contributed by atoms with Gasteiger partial charge in [-0.3, -0.25) is 18.6 Å². The highest BCUT2D eigenvalue weighted by atomic mass is 31.2. The van der Waals surface area contributed by atoms with Gasteiger partial charge in [0.15, 0.2) is 6.10 Å². The summed E-state index contributed by atoms with van der Waals surface area (Å²) in [5.74, 6) is -0.813. The van der Waals surface area contributed by atoms with Crippen LogP contribution in [0.2, 0.25) is 0 Å². The molecule has 0 bridgehead atoms. The lowest BCUT2D eigenvalue weighted by atomic mass is 10.0. The minimum Gasteiger partial charge on any atom is -0.462 e. The Morgan fingerprint density at radius 2 is 0.750 bits per heavy atom. The fourth-order valence-electron chi connectivity index (χ4n) is 8.86. The molecule has 442 valence electrons. The van der Waals surface area contributed by atoms with Crippen LogP contribution in [0.3, 0.4) is 0 Å². The third-order valence-electron chi connectivity index (χ3n) is 13.7. The molecule has 0 aliphatic carbocycles. The van der Waals surface area contributed by atoms with Crippen LogP contribution in [0, 0.1) is 0 Å². The summed E-state index contributed by atoms with van der Waals surface area (Å²) >= 11 is 0. The number of carbonyl (C=O) groups excluding carboxylic acids is 2. The molecule has 0 aliphatic rings. The van der Waals surface area contributed by atoms with Crippen molar-refractivity contribution in [3.05, 3.63) is 72.9 Å². The third kappa shape index (κ3) is 60.7. The topological polar surface area (TPSA) is 108 Å². The largest absolute Gasteiger partial charge is 0.472 e. The van der Waals surface area contributed by atoms with Crippen molar-refractivity contribution in [3.63, 3.8) is 0 Å². The summed E-state index contributed by atoms with van der Waals surface area (Å²) in [4.78, 5) is 35.7. The maximum absolute atomic E-state index is 12.8. The van der Waals surface area contributed by atoms with Crippen LogP contribution in [0.1, 0.15) is 284 Å². The van der Waals surface area contributed by atoms with Crippen LogP contribution in [0.25, 0.3) is 0 Å². The van der Waals surface area contributed by atoms with Gasteiger partial charge in [0.05, 0.1) is 27.7 Å². The standard InChI is InChI=1S/C66H120NO8P/c1-6-8-10-12-14-16-18-20-22-24-26-28-29-30-31-32-33-34-35-36-37-39-40-42-44-46-48-50-52-54-56-58-65(68)72-62-64(63-74-76(70,71)73-61-60-67(3,4)5)75-66(69)59-57-55-53-51-49-47-45-43-41-38-27-25-23-21-19-17-15-13-11-9-7-2/h9,11,15,17,21,23-24,26-27,38,43,45,64H,6-8,10,12-14,16,18-20,22,25,28-37,39-42,44,46-63H2,1-5H3/p+1/b11-9-,17-15-,23-21-,26-24-,38-27-,45-43-. The third-order valence-corrected chi connectivity index (χ3v) is 14.7. The lowest BCUT2D eigenvalue weighted by Crippen LogP contribution is -2.37. The highest BCUT2D eigenvalue weighted by molar-refractivity contribution is 7.47. The van der Waals surface area contributed by atoms with Gasteiger partial charge in [-0.15, -0.1) is 0 Å². The number of likely N-dealkylation sites (N-methyl/N-ethyl adjacent to an activating group) is 1. The summed E-state index contributed by atoms with van der Waals surface area (Å²) < 4.78 is 34.6. The molecule has 0 aromatic rings. The van der Waals surface area contributed by atoms with Crippen molar-refractivity contribution in [3.8, 4) is 0 Å². The molecule has 0 saturated carbocycles. The molecule has 0 spiro atoms. The van der Waals surface area contributed by atoms with Crippen LogP contribution in [0.4, 0.5) is 0 Å². The fraction of sp³-hybridized carbons (Fsp3) is 0.788. The van der Waals surface area contributed by atoms with Gasteiger partial charge < -0.3 is 18.9 Å². The zero-order valence-electron chi connectivity index (χ0n) is 50.2. The zero-order valence-corrected chi connectivity index (χ0v) is 51.1. The Bertz CT molecular complexity index is 1510. The van der Waals surface area contributed by atoms with Crippen molar-refractivity contribution >= 4 is 19.8 Å². The second-order valence-electron chi connectivity index (χ2n) is 22.4. The van der Waals surface area contributed by atoms with Gasteiger partial charge >= 0.3 is 19.8 Å². The number of nitrogens with zero attached hydrogens (tertiary/aromatic N) is 1. The minimum absolute atomic E-state index is 0.0255. The molecular weight excluding hydrogens is 966 g/mol. The van der Waals surface area contributed by atoms with Crippen molar-refractivity contribution in [1.29, 1.82) is 0 Å². The number of esters is 2. The molecule has 0 rings (SSSR count).